The van der Waals surface area contributed by atoms with E-state index < -0.39 is 0 Å². The molecule has 4 unspecified atom stereocenters. The highest BCUT2D eigenvalue weighted by Crippen LogP contribution is 2.56. The average Bonchev–Trinajstić information content (AvgIpc) is 2.72. The minimum absolute atomic E-state index is 0.0281. The average molecular weight is 423 g/mol. The van der Waals surface area contributed by atoms with Gasteiger partial charge in [0.2, 0.25) is 0 Å². The smallest absolute Gasteiger partial charge is 0.0116 e. The monoisotopic (exact) mass is 422 g/mol. The Kier molecular flexibility index (Phi) is 8.85. The van der Waals surface area contributed by atoms with E-state index >= 15 is 0 Å². The molecule has 0 aromatic carbocycles. The van der Waals surface area contributed by atoms with Gasteiger partial charge in [-0.1, -0.05) is 108 Å². The molecule has 0 radical (unpaired) electrons. The van der Waals surface area contributed by atoms with Gasteiger partial charge in [-0.15, -0.1) is 12.6 Å². The molecule has 2 aliphatic rings. The van der Waals surface area contributed by atoms with Gasteiger partial charge in [0.05, 0.1) is 0 Å². The van der Waals surface area contributed by atoms with Gasteiger partial charge in [-0.2, -0.15) is 0 Å². The van der Waals surface area contributed by atoms with Crippen molar-refractivity contribution in [2.24, 2.45) is 28.6 Å². The van der Waals surface area contributed by atoms with Crippen LogP contribution in [0.25, 0.3) is 0 Å². The Labute approximate surface area is 191 Å². The summed E-state index contributed by atoms with van der Waals surface area (Å²) in [5, 5.41) is 0. The molecule has 0 fully saturated rings. The first-order valence-corrected chi connectivity index (χ1v) is 12.1. The highest BCUT2D eigenvalue weighted by Gasteiger charge is 2.47. The van der Waals surface area contributed by atoms with Crippen LogP contribution in [0.4, 0.5) is 0 Å². The minimum Gasteiger partial charge on any atom is -0.148 e. The van der Waals surface area contributed by atoms with Gasteiger partial charge in [0.25, 0.3) is 0 Å². The molecule has 1 heteroatoms. The summed E-state index contributed by atoms with van der Waals surface area (Å²) in [5.41, 5.74) is 2.86. The lowest BCUT2D eigenvalue weighted by atomic mass is 9.54. The Hall–Kier alpha value is -1.47. The van der Waals surface area contributed by atoms with Gasteiger partial charge in [0.15, 0.2) is 0 Å². The van der Waals surface area contributed by atoms with Crippen molar-refractivity contribution < 1.29 is 0 Å². The standard InChI is InChI=1S/C29H42S/c1-8-11-20-29(7,28(5,6)19-10-3)27-21-24(30)17-18-26(27)22(4)25-16-13-12-15-23(25)14-9-2/h9,11-18,20,23,25,27,30H,4,8,10,19,21H2,1-3,5-7H3/b14-9-,20-11?. The number of hydrogen-bond donors (Lipinski definition) is 1. The summed E-state index contributed by atoms with van der Waals surface area (Å²) in [6.45, 7) is 18.6. The minimum atomic E-state index is 0.0281. The fourth-order valence-electron chi connectivity index (χ4n) is 5.20. The van der Waals surface area contributed by atoms with Gasteiger partial charge in [-0.05, 0) is 59.0 Å². The third kappa shape index (κ3) is 5.22. The van der Waals surface area contributed by atoms with Crippen LogP contribution in [-0.4, -0.2) is 0 Å². The van der Waals surface area contributed by atoms with Crippen LogP contribution in [0.15, 0.2) is 83.4 Å². The summed E-state index contributed by atoms with van der Waals surface area (Å²) < 4.78 is 0. The van der Waals surface area contributed by atoms with E-state index in [1.165, 1.54) is 28.9 Å². The molecule has 4 atom stereocenters. The maximum absolute atomic E-state index is 4.81. The van der Waals surface area contributed by atoms with E-state index in [1.807, 2.05) is 0 Å². The molecule has 0 saturated heterocycles. The second-order valence-corrected chi connectivity index (χ2v) is 10.3. The molecule has 0 N–H and O–H groups in total. The second-order valence-electron chi connectivity index (χ2n) is 9.69. The molecule has 2 aliphatic carbocycles. The summed E-state index contributed by atoms with van der Waals surface area (Å²) in [6, 6.07) is 0. The van der Waals surface area contributed by atoms with Crippen molar-refractivity contribution in [2.75, 3.05) is 0 Å². The first kappa shape index (κ1) is 24.8. The Morgan fingerprint density at radius 1 is 1.17 bits per heavy atom. The predicted molar refractivity (Wildman–Crippen MR) is 139 cm³/mol. The van der Waals surface area contributed by atoms with E-state index in [9.17, 15) is 0 Å². The number of rotatable bonds is 9. The molecular weight excluding hydrogens is 380 g/mol. The van der Waals surface area contributed by atoms with E-state index in [0.717, 1.165) is 12.8 Å². The van der Waals surface area contributed by atoms with E-state index in [-0.39, 0.29) is 10.8 Å². The second kappa shape index (κ2) is 10.7. The molecule has 0 aromatic rings. The first-order chi connectivity index (χ1) is 14.2. The highest BCUT2D eigenvalue weighted by molar-refractivity contribution is 7.84. The van der Waals surface area contributed by atoms with Gasteiger partial charge in [0, 0.05) is 11.8 Å². The largest absolute Gasteiger partial charge is 0.148 e. The first-order valence-electron chi connectivity index (χ1n) is 11.7. The molecule has 0 saturated carbocycles. The molecule has 164 valence electrons. The van der Waals surface area contributed by atoms with E-state index in [4.69, 9.17) is 12.6 Å². The van der Waals surface area contributed by atoms with E-state index in [1.54, 1.807) is 0 Å². The quantitative estimate of drug-likeness (QED) is 0.278. The van der Waals surface area contributed by atoms with Crippen LogP contribution < -0.4 is 0 Å². The van der Waals surface area contributed by atoms with Crippen molar-refractivity contribution >= 4 is 12.6 Å². The van der Waals surface area contributed by atoms with Crippen molar-refractivity contribution in [3.8, 4) is 0 Å². The summed E-state index contributed by atoms with van der Waals surface area (Å²) in [7, 11) is 0. The summed E-state index contributed by atoms with van der Waals surface area (Å²) in [4.78, 5) is 1.17. The van der Waals surface area contributed by atoms with Crippen LogP contribution in [0.3, 0.4) is 0 Å². The van der Waals surface area contributed by atoms with Crippen LogP contribution in [0, 0.1) is 28.6 Å². The molecular formula is C29H42S. The Morgan fingerprint density at radius 3 is 2.50 bits per heavy atom. The molecule has 0 amide bonds. The lowest BCUT2D eigenvalue weighted by Crippen LogP contribution is -2.42. The third-order valence-corrected chi connectivity index (χ3v) is 7.70. The van der Waals surface area contributed by atoms with Crippen LogP contribution in [-0.2, 0) is 0 Å². The molecule has 30 heavy (non-hydrogen) atoms. The van der Waals surface area contributed by atoms with Crippen molar-refractivity contribution in [2.45, 2.75) is 67.2 Å². The van der Waals surface area contributed by atoms with Crippen LogP contribution in [0.5, 0.6) is 0 Å². The van der Waals surface area contributed by atoms with Gasteiger partial charge < -0.3 is 0 Å². The Balaban J connectivity index is 2.53. The zero-order valence-electron chi connectivity index (χ0n) is 20.0. The van der Waals surface area contributed by atoms with Crippen molar-refractivity contribution in [3.63, 3.8) is 0 Å². The highest BCUT2D eigenvalue weighted by atomic mass is 32.1. The molecule has 0 aliphatic heterocycles. The summed E-state index contributed by atoms with van der Waals surface area (Å²) >= 11 is 4.81. The lowest BCUT2D eigenvalue weighted by Gasteiger charge is -2.50. The molecule has 0 heterocycles. The molecule has 0 nitrogen and oxygen atoms in total. The van der Waals surface area contributed by atoms with Gasteiger partial charge >= 0.3 is 0 Å². The molecule has 0 aromatic heterocycles. The number of hydrogen-bond acceptors (Lipinski definition) is 1. The van der Waals surface area contributed by atoms with Gasteiger partial charge in [-0.3, -0.25) is 0 Å². The fourth-order valence-corrected chi connectivity index (χ4v) is 5.45. The van der Waals surface area contributed by atoms with E-state index in [0.29, 0.717) is 17.8 Å². The van der Waals surface area contributed by atoms with Crippen molar-refractivity contribution in [1.29, 1.82) is 0 Å². The maximum Gasteiger partial charge on any atom is 0.0116 e. The van der Waals surface area contributed by atoms with Crippen LogP contribution in [0.2, 0.25) is 0 Å². The molecule has 0 spiro atoms. The summed E-state index contributed by atoms with van der Waals surface area (Å²) in [5.74, 6) is 1.05. The third-order valence-electron chi connectivity index (χ3n) is 7.37. The number of thiol groups is 1. The SMILES string of the molecule is C=C(C1=CC=C(S)CC1C(C)(C=CCC)C(C)(C)CCC)C1C=CC=CC1/C=C\C. The predicted octanol–water partition coefficient (Wildman–Crippen LogP) is 9.04. The lowest BCUT2D eigenvalue weighted by molar-refractivity contribution is 0.0778. The maximum atomic E-state index is 4.81. The van der Waals surface area contributed by atoms with Crippen LogP contribution in [0.1, 0.15) is 67.2 Å². The van der Waals surface area contributed by atoms with Crippen molar-refractivity contribution in [1.82, 2.24) is 0 Å². The topological polar surface area (TPSA) is 0 Å². The number of allylic oxidation sites excluding steroid dienone is 13. The summed E-state index contributed by atoms with van der Waals surface area (Å²) in [6.07, 6.45) is 27.2. The zero-order chi connectivity index (χ0) is 22.4. The zero-order valence-corrected chi connectivity index (χ0v) is 20.9. The molecule has 0 bridgehead atoms. The Morgan fingerprint density at radius 2 is 1.87 bits per heavy atom. The van der Waals surface area contributed by atoms with E-state index in [2.05, 4.69) is 109 Å². The van der Waals surface area contributed by atoms with Gasteiger partial charge in [-0.25, -0.2) is 0 Å². The van der Waals surface area contributed by atoms with Gasteiger partial charge in [0.1, 0.15) is 0 Å². The normalized spacial score (nSPS) is 26.7. The fraction of sp³-hybridized carbons (Fsp3) is 0.517. The van der Waals surface area contributed by atoms with Crippen molar-refractivity contribution in [3.05, 3.63) is 83.4 Å². The van der Waals surface area contributed by atoms with Crippen LogP contribution >= 0.6 is 12.6 Å². The molecule has 2 rings (SSSR count). The Bertz CT molecular complexity index is 783.